The van der Waals surface area contributed by atoms with Gasteiger partial charge in [-0.05, 0) is 13.0 Å². The summed E-state index contributed by atoms with van der Waals surface area (Å²) < 4.78 is 0. The van der Waals surface area contributed by atoms with Gasteiger partial charge in [0.1, 0.15) is 0 Å². The summed E-state index contributed by atoms with van der Waals surface area (Å²) in [5.41, 5.74) is 0. The Morgan fingerprint density at radius 2 is 2.38 bits per heavy atom. The minimum Gasteiger partial charge on any atom is -0.342 e. The Bertz CT molecular complexity index is 90.5. The predicted molar refractivity (Wildman–Crippen MR) is 38.3 cm³/mol. The average molecular weight is 109 g/mol. The predicted octanol–water partition coefficient (Wildman–Crippen LogP) is 0.648. The molecular formula is C6H12BN. The number of nitrogens with zero attached hydrogens (tertiary/aromatic N) is 1. The SMILES string of the molecule is CBN1CC=CCC1. The van der Waals surface area contributed by atoms with E-state index < -0.39 is 0 Å². The average Bonchev–Trinajstić information content (AvgIpc) is 1.90. The second-order valence-electron chi connectivity index (χ2n) is 2.15. The summed E-state index contributed by atoms with van der Waals surface area (Å²) in [5.74, 6) is 0. The highest BCUT2D eigenvalue weighted by atomic mass is 15.0. The molecule has 1 aliphatic rings. The Hall–Kier alpha value is -0.235. The molecule has 2 heteroatoms. The van der Waals surface area contributed by atoms with E-state index in [9.17, 15) is 0 Å². The molecule has 0 aliphatic carbocycles. The molecule has 0 saturated carbocycles. The lowest BCUT2D eigenvalue weighted by Gasteiger charge is -2.19. The summed E-state index contributed by atoms with van der Waals surface area (Å²) in [7, 11) is 1.20. The summed E-state index contributed by atoms with van der Waals surface area (Å²) in [6.45, 7) is 4.63. The van der Waals surface area contributed by atoms with Crippen LogP contribution in [-0.2, 0) is 0 Å². The van der Waals surface area contributed by atoms with E-state index in [0.717, 1.165) is 6.54 Å². The summed E-state index contributed by atoms with van der Waals surface area (Å²) in [4.78, 5) is 2.43. The molecule has 1 heterocycles. The van der Waals surface area contributed by atoms with Crippen molar-refractivity contribution in [3.8, 4) is 0 Å². The Morgan fingerprint density at radius 3 is 2.75 bits per heavy atom. The normalized spacial score (nSPS) is 21.1. The van der Waals surface area contributed by atoms with Crippen molar-refractivity contribution in [3.63, 3.8) is 0 Å². The first-order valence-corrected chi connectivity index (χ1v) is 3.31. The Labute approximate surface area is 51.6 Å². The molecule has 0 aromatic rings. The highest BCUT2D eigenvalue weighted by molar-refractivity contribution is 6.29. The van der Waals surface area contributed by atoms with E-state index in [1.807, 2.05) is 0 Å². The maximum absolute atomic E-state index is 2.43. The van der Waals surface area contributed by atoms with E-state index in [2.05, 4.69) is 23.8 Å². The lowest BCUT2D eigenvalue weighted by atomic mass is 9.94. The third kappa shape index (κ3) is 1.37. The van der Waals surface area contributed by atoms with E-state index in [0.29, 0.717) is 0 Å². The van der Waals surface area contributed by atoms with Gasteiger partial charge < -0.3 is 4.81 Å². The van der Waals surface area contributed by atoms with Crippen LogP contribution in [0.4, 0.5) is 0 Å². The zero-order chi connectivity index (χ0) is 5.82. The van der Waals surface area contributed by atoms with Crippen LogP contribution in [0.25, 0.3) is 0 Å². The fourth-order valence-electron chi connectivity index (χ4n) is 0.977. The Kier molecular flexibility index (Phi) is 2.16. The van der Waals surface area contributed by atoms with Crippen LogP contribution < -0.4 is 0 Å². The van der Waals surface area contributed by atoms with Crippen LogP contribution in [0, 0.1) is 0 Å². The van der Waals surface area contributed by atoms with Crippen molar-refractivity contribution in [1.82, 2.24) is 4.81 Å². The highest BCUT2D eigenvalue weighted by Gasteiger charge is 2.01. The van der Waals surface area contributed by atoms with Crippen LogP contribution in [0.2, 0.25) is 6.82 Å². The fourth-order valence-corrected chi connectivity index (χ4v) is 0.977. The smallest absolute Gasteiger partial charge is 0.201 e. The molecular weight excluding hydrogens is 96.9 g/mol. The largest absolute Gasteiger partial charge is 0.342 e. The van der Waals surface area contributed by atoms with Gasteiger partial charge in [0.2, 0.25) is 7.41 Å². The number of hydrogen-bond acceptors (Lipinski definition) is 1. The summed E-state index contributed by atoms with van der Waals surface area (Å²) in [5, 5.41) is 0. The van der Waals surface area contributed by atoms with E-state index in [4.69, 9.17) is 0 Å². The van der Waals surface area contributed by atoms with Gasteiger partial charge in [0.05, 0.1) is 0 Å². The van der Waals surface area contributed by atoms with Gasteiger partial charge in [-0.15, -0.1) is 0 Å². The zero-order valence-corrected chi connectivity index (χ0v) is 5.43. The lowest BCUT2D eigenvalue weighted by molar-refractivity contribution is 0.483. The van der Waals surface area contributed by atoms with Crippen molar-refractivity contribution >= 4 is 7.41 Å². The van der Waals surface area contributed by atoms with Crippen LogP contribution in [-0.4, -0.2) is 25.3 Å². The maximum atomic E-state index is 2.43. The molecule has 0 atom stereocenters. The molecule has 0 N–H and O–H groups in total. The van der Waals surface area contributed by atoms with Crippen molar-refractivity contribution in [2.75, 3.05) is 13.1 Å². The minimum absolute atomic E-state index is 1.16. The van der Waals surface area contributed by atoms with Gasteiger partial charge in [0, 0.05) is 6.54 Å². The maximum Gasteiger partial charge on any atom is 0.201 e. The van der Waals surface area contributed by atoms with E-state index in [-0.39, 0.29) is 0 Å². The molecule has 0 amide bonds. The monoisotopic (exact) mass is 109 g/mol. The molecule has 44 valence electrons. The quantitative estimate of drug-likeness (QED) is 0.353. The topological polar surface area (TPSA) is 3.24 Å². The first-order valence-electron chi connectivity index (χ1n) is 3.31. The fraction of sp³-hybridized carbons (Fsp3) is 0.667. The van der Waals surface area contributed by atoms with Gasteiger partial charge in [-0.1, -0.05) is 19.0 Å². The Morgan fingerprint density at radius 1 is 1.50 bits per heavy atom. The van der Waals surface area contributed by atoms with E-state index in [1.54, 1.807) is 0 Å². The Balaban J connectivity index is 2.27. The first-order chi connectivity index (χ1) is 3.93. The van der Waals surface area contributed by atoms with Gasteiger partial charge in [0.15, 0.2) is 0 Å². The number of rotatable bonds is 1. The van der Waals surface area contributed by atoms with Crippen LogP contribution in [0.1, 0.15) is 6.42 Å². The molecule has 0 aromatic heterocycles. The second-order valence-corrected chi connectivity index (χ2v) is 2.15. The van der Waals surface area contributed by atoms with Gasteiger partial charge in [-0.25, -0.2) is 0 Å². The molecule has 0 spiro atoms. The van der Waals surface area contributed by atoms with Crippen molar-refractivity contribution in [2.45, 2.75) is 13.2 Å². The van der Waals surface area contributed by atoms with Gasteiger partial charge in [-0.2, -0.15) is 0 Å². The van der Waals surface area contributed by atoms with Gasteiger partial charge in [0.25, 0.3) is 0 Å². The van der Waals surface area contributed by atoms with Crippen molar-refractivity contribution < 1.29 is 0 Å². The van der Waals surface area contributed by atoms with Crippen molar-refractivity contribution in [2.24, 2.45) is 0 Å². The van der Waals surface area contributed by atoms with Crippen LogP contribution >= 0.6 is 0 Å². The molecule has 0 unspecified atom stereocenters. The van der Waals surface area contributed by atoms with Gasteiger partial charge in [-0.3, -0.25) is 0 Å². The molecule has 1 rings (SSSR count). The molecule has 1 aliphatic heterocycles. The minimum atomic E-state index is 1.16. The van der Waals surface area contributed by atoms with Crippen LogP contribution in [0.15, 0.2) is 12.2 Å². The van der Waals surface area contributed by atoms with E-state index >= 15 is 0 Å². The molecule has 0 bridgehead atoms. The van der Waals surface area contributed by atoms with Crippen molar-refractivity contribution in [3.05, 3.63) is 12.2 Å². The third-order valence-corrected chi connectivity index (χ3v) is 1.59. The molecule has 0 aromatic carbocycles. The van der Waals surface area contributed by atoms with Crippen molar-refractivity contribution in [1.29, 1.82) is 0 Å². The lowest BCUT2D eigenvalue weighted by Crippen LogP contribution is -2.28. The molecule has 0 radical (unpaired) electrons. The second kappa shape index (κ2) is 2.93. The zero-order valence-electron chi connectivity index (χ0n) is 5.43. The summed E-state index contributed by atoms with van der Waals surface area (Å²) in [6, 6.07) is 0. The standard InChI is InChI=1S/C6H12BN/c1-7-8-5-3-2-4-6-8/h2-3,7H,4-6H2,1H3. The molecule has 1 nitrogen and oxygen atoms in total. The van der Waals surface area contributed by atoms with Crippen LogP contribution in [0.5, 0.6) is 0 Å². The van der Waals surface area contributed by atoms with Crippen LogP contribution in [0.3, 0.4) is 0 Å². The van der Waals surface area contributed by atoms with Gasteiger partial charge >= 0.3 is 0 Å². The third-order valence-electron chi connectivity index (χ3n) is 1.59. The highest BCUT2D eigenvalue weighted by Crippen LogP contribution is 1.97. The summed E-state index contributed by atoms with van der Waals surface area (Å²) >= 11 is 0. The molecule has 0 saturated heterocycles. The molecule has 0 fully saturated rings. The summed E-state index contributed by atoms with van der Waals surface area (Å²) in [6.07, 6.45) is 5.74. The first kappa shape index (κ1) is 5.89. The van der Waals surface area contributed by atoms with E-state index in [1.165, 1.54) is 20.4 Å². The molecule has 8 heavy (non-hydrogen) atoms. The number of hydrogen-bond donors (Lipinski definition) is 0.